The maximum absolute atomic E-state index is 13.5. The lowest BCUT2D eigenvalue weighted by molar-refractivity contribution is 0.351. The van der Waals surface area contributed by atoms with Gasteiger partial charge in [-0.05, 0) is 12.8 Å². The van der Waals surface area contributed by atoms with Gasteiger partial charge in [-0.1, -0.05) is 0 Å². The molecule has 0 aliphatic rings. The van der Waals surface area contributed by atoms with Crippen LogP contribution in [0.15, 0.2) is 0 Å². The molecular formula is C12H11F5N2. The highest BCUT2D eigenvalue weighted by Gasteiger charge is 2.29. The van der Waals surface area contributed by atoms with Gasteiger partial charge in [0.1, 0.15) is 0 Å². The number of terminal acetylenes is 1. The van der Waals surface area contributed by atoms with E-state index in [2.05, 4.69) is 5.92 Å². The van der Waals surface area contributed by atoms with E-state index in [0.717, 1.165) is 0 Å². The molecule has 2 nitrogen and oxygen atoms in total. The number of halogens is 5. The van der Waals surface area contributed by atoms with Crippen LogP contribution >= 0.6 is 0 Å². The minimum Gasteiger partial charge on any atom is -0.271 e. The molecule has 0 spiro atoms. The van der Waals surface area contributed by atoms with Crippen molar-refractivity contribution in [3.05, 3.63) is 34.6 Å². The second-order valence-corrected chi connectivity index (χ2v) is 3.80. The quantitative estimate of drug-likeness (QED) is 0.165. The highest BCUT2D eigenvalue weighted by atomic mass is 19.2. The highest BCUT2D eigenvalue weighted by Crippen LogP contribution is 2.29. The third-order valence-corrected chi connectivity index (χ3v) is 2.61. The molecule has 7 heteroatoms. The molecule has 0 bridgehead atoms. The number of hydrogen-bond acceptors (Lipinski definition) is 2. The molecule has 0 radical (unpaired) electrons. The summed E-state index contributed by atoms with van der Waals surface area (Å²) < 4.78 is 65.9. The fourth-order valence-corrected chi connectivity index (χ4v) is 1.65. The van der Waals surface area contributed by atoms with Crippen molar-refractivity contribution in [1.82, 2.24) is 5.43 Å². The lowest BCUT2D eigenvalue weighted by Gasteiger charge is -2.18. The molecule has 3 N–H and O–H groups in total. The van der Waals surface area contributed by atoms with E-state index in [4.69, 9.17) is 12.3 Å². The fraction of sp³-hybridized carbons (Fsp3) is 0.333. The zero-order chi connectivity index (χ0) is 14.6. The molecule has 0 saturated heterocycles. The molecule has 0 amide bonds. The zero-order valence-corrected chi connectivity index (χ0v) is 9.74. The molecule has 0 aliphatic heterocycles. The Hall–Kier alpha value is -1.65. The van der Waals surface area contributed by atoms with Gasteiger partial charge < -0.3 is 0 Å². The summed E-state index contributed by atoms with van der Waals surface area (Å²) in [6.07, 6.45) is 5.67. The number of nitrogens with one attached hydrogen (secondary N) is 1. The van der Waals surface area contributed by atoms with Gasteiger partial charge in [-0.25, -0.2) is 22.0 Å². The third-order valence-electron chi connectivity index (χ3n) is 2.61. The Morgan fingerprint density at radius 3 is 1.89 bits per heavy atom. The smallest absolute Gasteiger partial charge is 0.200 e. The lowest BCUT2D eigenvalue weighted by atomic mass is 9.99. The number of benzene rings is 1. The van der Waals surface area contributed by atoms with E-state index >= 15 is 0 Å². The number of rotatable bonds is 5. The van der Waals surface area contributed by atoms with Crippen LogP contribution in [-0.4, -0.2) is 0 Å². The summed E-state index contributed by atoms with van der Waals surface area (Å²) in [7, 11) is 0. The lowest BCUT2D eigenvalue weighted by Crippen LogP contribution is -2.30. The van der Waals surface area contributed by atoms with Gasteiger partial charge in [0.2, 0.25) is 5.82 Å². The molecule has 1 unspecified atom stereocenters. The van der Waals surface area contributed by atoms with Crippen LogP contribution in [0.2, 0.25) is 0 Å². The van der Waals surface area contributed by atoms with Crippen molar-refractivity contribution in [1.29, 1.82) is 0 Å². The second kappa shape index (κ2) is 6.50. The van der Waals surface area contributed by atoms with Crippen molar-refractivity contribution < 1.29 is 22.0 Å². The van der Waals surface area contributed by atoms with Crippen molar-refractivity contribution >= 4 is 0 Å². The summed E-state index contributed by atoms with van der Waals surface area (Å²) in [6.45, 7) is 0. The molecule has 1 aromatic carbocycles. The monoisotopic (exact) mass is 278 g/mol. The van der Waals surface area contributed by atoms with Gasteiger partial charge in [0.15, 0.2) is 23.3 Å². The molecule has 0 saturated carbocycles. The molecule has 104 valence electrons. The minimum atomic E-state index is -2.20. The summed E-state index contributed by atoms with van der Waals surface area (Å²) in [4.78, 5) is 0. The Morgan fingerprint density at radius 2 is 1.47 bits per heavy atom. The van der Waals surface area contributed by atoms with Gasteiger partial charge in [-0.3, -0.25) is 11.3 Å². The van der Waals surface area contributed by atoms with Gasteiger partial charge in [-0.2, -0.15) is 0 Å². The van der Waals surface area contributed by atoms with Crippen molar-refractivity contribution in [2.45, 2.75) is 25.3 Å². The van der Waals surface area contributed by atoms with E-state index < -0.39 is 40.7 Å². The van der Waals surface area contributed by atoms with Crippen LogP contribution in [0.5, 0.6) is 0 Å². The van der Waals surface area contributed by atoms with Crippen LogP contribution in [0, 0.1) is 41.4 Å². The van der Waals surface area contributed by atoms with E-state index in [9.17, 15) is 22.0 Å². The molecule has 19 heavy (non-hydrogen) atoms. The maximum Gasteiger partial charge on any atom is 0.200 e. The van der Waals surface area contributed by atoms with Gasteiger partial charge in [0, 0.05) is 12.0 Å². The summed E-state index contributed by atoms with van der Waals surface area (Å²) >= 11 is 0. The summed E-state index contributed by atoms with van der Waals surface area (Å²) in [5.41, 5.74) is 1.05. The number of unbranched alkanes of at least 4 members (excludes halogenated alkanes) is 1. The molecule has 0 heterocycles. The Morgan fingerprint density at radius 1 is 1.00 bits per heavy atom. The number of nitrogens with two attached hydrogens (primary N) is 1. The first-order valence-corrected chi connectivity index (χ1v) is 5.36. The van der Waals surface area contributed by atoms with Crippen LogP contribution in [-0.2, 0) is 0 Å². The third kappa shape index (κ3) is 3.03. The van der Waals surface area contributed by atoms with Crippen LogP contribution in [0.3, 0.4) is 0 Å². The Balaban J connectivity index is 3.21. The molecular weight excluding hydrogens is 267 g/mol. The SMILES string of the molecule is C#CCCCC(NN)c1c(F)c(F)c(F)c(F)c1F. The normalized spacial score (nSPS) is 12.3. The van der Waals surface area contributed by atoms with E-state index in [1.807, 2.05) is 5.43 Å². The molecule has 0 fully saturated rings. The average Bonchev–Trinajstić information content (AvgIpc) is 2.41. The average molecular weight is 278 g/mol. The van der Waals surface area contributed by atoms with E-state index in [1.165, 1.54) is 0 Å². The van der Waals surface area contributed by atoms with Crippen molar-refractivity contribution in [2.24, 2.45) is 5.84 Å². The van der Waals surface area contributed by atoms with Crippen LogP contribution < -0.4 is 11.3 Å². The van der Waals surface area contributed by atoms with E-state index in [0.29, 0.717) is 12.8 Å². The summed E-state index contributed by atoms with van der Waals surface area (Å²) in [5, 5.41) is 0. The van der Waals surface area contributed by atoms with Crippen molar-refractivity contribution in [3.63, 3.8) is 0 Å². The Bertz CT molecular complexity index is 481. The van der Waals surface area contributed by atoms with Gasteiger partial charge >= 0.3 is 0 Å². The second-order valence-electron chi connectivity index (χ2n) is 3.80. The molecule has 0 aromatic heterocycles. The first kappa shape index (κ1) is 15.4. The molecule has 1 atom stereocenters. The Kier molecular flexibility index (Phi) is 5.27. The van der Waals surface area contributed by atoms with Gasteiger partial charge in [0.05, 0.1) is 6.04 Å². The van der Waals surface area contributed by atoms with E-state index in [-0.39, 0.29) is 6.42 Å². The maximum atomic E-state index is 13.5. The molecule has 1 rings (SSSR count). The largest absolute Gasteiger partial charge is 0.271 e. The fourth-order valence-electron chi connectivity index (χ4n) is 1.65. The number of hydrazine groups is 1. The highest BCUT2D eigenvalue weighted by molar-refractivity contribution is 5.27. The van der Waals surface area contributed by atoms with Crippen LogP contribution in [0.25, 0.3) is 0 Å². The van der Waals surface area contributed by atoms with Crippen molar-refractivity contribution in [2.75, 3.05) is 0 Å². The molecule has 1 aromatic rings. The van der Waals surface area contributed by atoms with Crippen LogP contribution in [0.4, 0.5) is 22.0 Å². The number of hydrogen-bond donors (Lipinski definition) is 2. The Labute approximate surface area is 106 Å². The first-order valence-electron chi connectivity index (χ1n) is 5.36. The summed E-state index contributed by atoms with van der Waals surface area (Å²) in [6, 6.07) is -1.21. The van der Waals surface area contributed by atoms with Gasteiger partial charge in [-0.15, -0.1) is 12.3 Å². The topological polar surface area (TPSA) is 38.0 Å². The first-order chi connectivity index (χ1) is 8.95. The predicted octanol–water partition coefficient (Wildman–Crippen LogP) is 2.69. The van der Waals surface area contributed by atoms with E-state index in [1.54, 1.807) is 0 Å². The summed E-state index contributed by atoms with van der Waals surface area (Å²) in [5.74, 6) is -2.58. The zero-order valence-electron chi connectivity index (χ0n) is 9.74. The van der Waals surface area contributed by atoms with Crippen molar-refractivity contribution in [3.8, 4) is 12.3 Å². The minimum absolute atomic E-state index is 0.0407. The standard InChI is InChI=1S/C12H11F5N2/c1-2-3-4-5-6(19-18)7-8(13)10(15)12(17)11(16)9(7)14/h1,6,19H,3-5,18H2. The van der Waals surface area contributed by atoms with Gasteiger partial charge in [0.25, 0.3) is 0 Å². The van der Waals surface area contributed by atoms with Crippen LogP contribution in [0.1, 0.15) is 30.9 Å². The predicted molar refractivity (Wildman–Crippen MR) is 59.0 cm³/mol. The molecule has 0 aliphatic carbocycles.